The maximum Gasteiger partial charge on any atom is 0.283 e. The first-order chi connectivity index (χ1) is 6.68. The molecule has 2 rings (SSSR count). The van der Waals surface area contributed by atoms with E-state index in [0.29, 0.717) is 11.4 Å². The van der Waals surface area contributed by atoms with Crippen LogP contribution in [0.5, 0.6) is 0 Å². The zero-order valence-electron chi connectivity index (χ0n) is 7.48. The molecule has 5 nitrogen and oxygen atoms in total. The molecule has 72 valence electrons. The number of carbonyl (C=O) groups is 1. The van der Waals surface area contributed by atoms with Gasteiger partial charge in [0.25, 0.3) is 11.7 Å². The van der Waals surface area contributed by atoms with E-state index in [0.717, 1.165) is 0 Å². The average molecular weight is 192 g/mol. The van der Waals surface area contributed by atoms with E-state index in [1.807, 2.05) is 0 Å². The van der Waals surface area contributed by atoms with E-state index in [-0.39, 0.29) is 11.7 Å². The van der Waals surface area contributed by atoms with Crippen molar-refractivity contribution >= 4 is 11.5 Å². The van der Waals surface area contributed by atoms with Gasteiger partial charge in [0.2, 0.25) is 0 Å². The number of oxazole rings is 1. The van der Waals surface area contributed by atoms with Crippen molar-refractivity contribution in [3.63, 3.8) is 0 Å². The van der Waals surface area contributed by atoms with Crippen LogP contribution in [0.15, 0.2) is 27.4 Å². The molecule has 0 unspecified atom stereocenters. The summed E-state index contributed by atoms with van der Waals surface area (Å²) in [5, 5.41) is 0. The van der Waals surface area contributed by atoms with E-state index in [2.05, 4.69) is 4.98 Å². The lowest BCUT2D eigenvalue weighted by atomic mass is 10.3. The Morgan fingerprint density at radius 3 is 2.86 bits per heavy atom. The van der Waals surface area contributed by atoms with Gasteiger partial charge < -0.3 is 14.6 Å². The summed E-state index contributed by atoms with van der Waals surface area (Å²) in [5.74, 6) is 0.246. The Balaban J connectivity index is 2.37. The Morgan fingerprint density at radius 2 is 2.36 bits per heavy atom. The van der Waals surface area contributed by atoms with Gasteiger partial charge in [0.05, 0.1) is 11.9 Å². The first-order valence-electron chi connectivity index (χ1n) is 3.98. The Kier molecular flexibility index (Phi) is 1.85. The highest BCUT2D eigenvalue weighted by Crippen LogP contribution is 2.18. The fourth-order valence-electron chi connectivity index (χ4n) is 1.05. The number of nitrogens with two attached hydrogens (primary N) is 1. The quantitative estimate of drug-likeness (QED) is 0.727. The molecule has 2 aromatic rings. The zero-order chi connectivity index (χ0) is 10.1. The molecule has 0 saturated heterocycles. The van der Waals surface area contributed by atoms with Crippen LogP contribution in [0.25, 0.3) is 0 Å². The molecule has 0 fully saturated rings. The Bertz CT molecular complexity index is 437. The monoisotopic (exact) mass is 192 g/mol. The lowest BCUT2D eigenvalue weighted by molar-refractivity contribution is 0.0975. The molecule has 0 bridgehead atoms. The lowest BCUT2D eigenvalue weighted by Gasteiger charge is -1.88. The number of nitrogens with zero attached hydrogens (tertiary/aromatic N) is 1. The predicted octanol–water partition coefficient (Wildman–Crippen LogP) is 1.39. The third-order valence-corrected chi connectivity index (χ3v) is 1.81. The largest absolute Gasteiger partial charge is 0.455 e. The molecule has 0 amide bonds. The van der Waals surface area contributed by atoms with Crippen LogP contribution in [-0.2, 0) is 0 Å². The van der Waals surface area contributed by atoms with E-state index >= 15 is 0 Å². The molecular weight excluding hydrogens is 184 g/mol. The number of hydrogen-bond acceptors (Lipinski definition) is 5. The first-order valence-corrected chi connectivity index (χ1v) is 3.98. The molecule has 0 aromatic carbocycles. The molecule has 0 saturated carbocycles. The Morgan fingerprint density at radius 1 is 1.57 bits per heavy atom. The van der Waals surface area contributed by atoms with Gasteiger partial charge in [0, 0.05) is 6.07 Å². The number of anilines is 1. The van der Waals surface area contributed by atoms with Gasteiger partial charge in [0.1, 0.15) is 12.0 Å². The number of rotatable bonds is 2. The molecule has 0 spiro atoms. The lowest BCUT2D eigenvalue weighted by Crippen LogP contribution is -1.99. The average Bonchev–Trinajstić information content (AvgIpc) is 2.76. The molecule has 2 heterocycles. The highest BCUT2D eigenvalue weighted by atomic mass is 16.4. The second kappa shape index (κ2) is 3.02. The summed E-state index contributed by atoms with van der Waals surface area (Å²) in [6, 6.07) is 1.46. The number of carbonyl (C=O) groups excluding carboxylic acids is 1. The standard InChI is InChI=1S/C9H8N2O3/c1-5-6(10)4-7(14-5)8(12)9-11-2-3-13-9/h2-4H,10H2,1H3. The van der Waals surface area contributed by atoms with Crippen LogP contribution in [0.3, 0.4) is 0 Å². The summed E-state index contributed by atoms with van der Waals surface area (Å²) in [6.07, 6.45) is 2.72. The molecule has 0 aliphatic heterocycles. The van der Waals surface area contributed by atoms with Gasteiger partial charge in [-0.15, -0.1) is 0 Å². The van der Waals surface area contributed by atoms with E-state index in [1.54, 1.807) is 6.92 Å². The number of aromatic nitrogens is 1. The van der Waals surface area contributed by atoms with E-state index in [1.165, 1.54) is 18.5 Å². The van der Waals surface area contributed by atoms with Crippen LogP contribution in [0.1, 0.15) is 22.2 Å². The minimum atomic E-state index is -0.408. The van der Waals surface area contributed by atoms with Crippen molar-refractivity contribution < 1.29 is 13.6 Å². The maximum atomic E-state index is 11.6. The maximum absolute atomic E-state index is 11.6. The smallest absolute Gasteiger partial charge is 0.283 e. The van der Waals surface area contributed by atoms with Gasteiger partial charge in [-0.1, -0.05) is 0 Å². The van der Waals surface area contributed by atoms with Crippen LogP contribution in [0.4, 0.5) is 5.69 Å². The minimum Gasteiger partial charge on any atom is -0.455 e. The van der Waals surface area contributed by atoms with Gasteiger partial charge in [-0.3, -0.25) is 4.79 Å². The van der Waals surface area contributed by atoms with Crippen molar-refractivity contribution in [2.45, 2.75) is 6.92 Å². The molecule has 5 heteroatoms. The Labute approximate surface area is 79.5 Å². The van der Waals surface area contributed by atoms with E-state index in [9.17, 15) is 4.79 Å². The Hall–Kier alpha value is -2.04. The van der Waals surface area contributed by atoms with Crippen LogP contribution in [0, 0.1) is 6.92 Å². The summed E-state index contributed by atoms with van der Waals surface area (Å²) >= 11 is 0. The third kappa shape index (κ3) is 1.28. The van der Waals surface area contributed by atoms with Gasteiger partial charge >= 0.3 is 0 Å². The van der Waals surface area contributed by atoms with Gasteiger partial charge in [0.15, 0.2) is 5.76 Å². The topological polar surface area (TPSA) is 82.3 Å². The fraction of sp³-hybridized carbons (Fsp3) is 0.111. The first kappa shape index (κ1) is 8.55. The molecule has 14 heavy (non-hydrogen) atoms. The van der Waals surface area contributed by atoms with Crippen molar-refractivity contribution in [1.82, 2.24) is 4.98 Å². The molecular formula is C9H8N2O3. The summed E-state index contributed by atoms with van der Waals surface area (Å²) in [7, 11) is 0. The van der Waals surface area contributed by atoms with Gasteiger partial charge in [-0.2, -0.15) is 0 Å². The second-order valence-electron chi connectivity index (χ2n) is 2.79. The third-order valence-electron chi connectivity index (χ3n) is 1.81. The summed E-state index contributed by atoms with van der Waals surface area (Å²) in [5.41, 5.74) is 5.98. The molecule has 0 radical (unpaired) electrons. The number of aryl methyl sites for hydroxylation is 1. The molecule has 0 aliphatic rings. The summed E-state index contributed by atoms with van der Waals surface area (Å²) < 4.78 is 9.96. The summed E-state index contributed by atoms with van der Waals surface area (Å²) in [4.78, 5) is 15.3. The highest BCUT2D eigenvalue weighted by Gasteiger charge is 2.18. The molecule has 2 N–H and O–H groups in total. The number of furan rings is 1. The van der Waals surface area contributed by atoms with Crippen molar-refractivity contribution in [3.05, 3.63) is 35.9 Å². The minimum absolute atomic E-state index is 0.00116. The van der Waals surface area contributed by atoms with Crippen molar-refractivity contribution in [3.8, 4) is 0 Å². The second-order valence-corrected chi connectivity index (χ2v) is 2.79. The number of hydrogen-bond donors (Lipinski definition) is 1. The van der Waals surface area contributed by atoms with E-state index < -0.39 is 5.78 Å². The van der Waals surface area contributed by atoms with Crippen LogP contribution >= 0.6 is 0 Å². The molecule has 0 aliphatic carbocycles. The zero-order valence-corrected chi connectivity index (χ0v) is 7.48. The van der Waals surface area contributed by atoms with Crippen LogP contribution in [0.2, 0.25) is 0 Å². The van der Waals surface area contributed by atoms with Crippen molar-refractivity contribution in [2.75, 3.05) is 5.73 Å². The van der Waals surface area contributed by atoms with Gasteiger partial charge in [-0.25, -0.2) is 4.98 Å². The predicted molar refractivity (Wildman–Crippen MR) is 47.8 cm³/mol. The highest BCUT2D eigenvalue weighted by molar-refractivity contribution is 6.04. The summed E-state index contributed by atoms with van der Waals surface area (Å²) in [6.45, 7) is 1.68. The number of nitrogen functional groups attached to an aromatic ring is 1. The SMILES string of the molecule is Cc1oc(C(=O)c2ncco2)cc1N. The van der Waals surface area contributed by atoms with Crippen molar-refractivity contribution in [2.24, 2.45) is 0 Å². The van der Waals surface area contributed by atoms with E-state index in [4.69, 9.17) is 14.6 Å². The van der Waals surface area contributed by atoms with Crippen LogP contribution < -0.4 is 5.73 Å². The van der Waals surface area contributed by atoms with Gasteiger partial charge in [-0.05, 0) is 6.92 Å². The van der Waals surface area contributed by atoms with Crippen molar-refractivity contribution in [1.29, 1.82) is 0 Å². The molecule has 0 atom stereocenters. The normalized spacial score (nSPS) is 10.4. The number of ketones is 1. The molecule has 2 aromatic heterocycles. The van der Waals surface area contributed by atoms with Crippen LogP contribution in [-0.4, -0.2) is 10.8 Å². The fourth-order valence-corrected chi connectivity index (χ4v) is 1.05.